The van der Waals surface area contributed by atoms with Crippen LogP contribution >= 0.6 is 0 Å². The lowest BCUT2D eigenvalue weighted by molar-refractivity contribution is 0.00736. The molecule has 30 heavy (non-hydrogen) atoms. The van der Waals surface area contributed by atoms with Crippen LogP contribution in [0.5, 0.6) is 0 Å². The van der Waals surface area contributed by atoms with E-state index in [1.807, 2.05) is 0 Å². The number of aliphatic hydroxyl groups is 1. The summed E-state index contributed by atoms with van der Waals surface area (Å²) in [6.07, 6.45) is 1.31. The molecule has 0 saturated carbocycles. The molecule has 0 amide bonds. The van der Waals surface area contributed by atoms with E-state index in [2.05, 4.69) is 11.6 Å². The zero-order valence-corrected chi connectivity index (χ0v) is 16.8. The third-order valence-corrected chi connectivity index (χ3v) is 5.83. The number of nitrogen functional groups attached to an aromatic ring is 1. The molecule has 0 bridgehead atoms. The van der Waals surface area contributed by atoms with Crippen LogP contribution in [0.25, 0.3) is 0 Å². The van der Waals surface area contributed by atoms with Crippen LogP contribution in [0.4, 0.5) is 5.69 Å². The molecule has 1 radical (unpaired) electrons. The highest BCUT2D eigenvalue weighted by atomic mass is 32.2. The van der Waals surface area contributed by atoms with Crippen LogP contribution in [0.3, 0.4) is 0 Å². The molecule has 0 saturated heterocycles. The molecule has 0 aliphatic carbocycles. The molecule has 1 unspecified atom stereocenters. The van der Waals surface area contributed by atoms with Crippen LogP contribution in [0.1, 0.15) is 11.1 Å². The van der Waals surface area contributed by atoms with Crippen LogP contribution in [-0.2, 0) is 22.2 Å². The minimum atomic E-state index is -3.97. The SMILES string of the molecule is [CH2]C(O)(Cc1ccc(C(=N)N)cc1)n1cccc(NS(=O)(=O)c2ccccc2)c1=O. The summed E-state index contributed by atoms with van der Waals surface area (Å²) >= 11 is 0. The van der Waals surface area contributed by atoms with Gasteiger partial charge in [0.25, 0.3) is 15.6 Å². The van der Waals surface area contributed by atoms with Crippen LogP contribution in [0.2, 0.25) is 0 Å². The fourth-order valence-corrected chi connectivity index (χ4v) is 4.00. The number of nitrogens with two attached hydrogens (primary N) is 1. The number of nitrogens with one attached hydrogen (secondary N) is 2. The first-order valence-corrected chi connectivity index (χ1v) is 10.4. The first-order valence-electron chi connectivity index (χ1n) is 8.91. The number of nitrogens with zero attached hydrogens (tertiary/aromatic N) is 1. The lowest BCUT2D eigenvalue weighted by atomic mass is 10.0. The van der Waals surface area contributed by atoms with Crippen molar-refractivity contribution in [3.63, 3.8) is 0 Å². The molecule has 0 spiro atoms. The van der Waals surface area contributed by atoms with Gasteiger partial charge in [0, 0.05) is 25.1 Å². The number of anilines is 1. The first-order chi connectivity index (χ1) is 14.1. The summed E-state index contributed by atoms with van der Waals surface area (Å²) in [6.45, 7) is 3.72. The predicted octanol–water partition coefficient (Wildman–Crippen LogP) is 1.66. The standard InChI is InChI=1S/C21H21N4O4S/c1-21(27,14-15-9-11-16(12-10-15)19(22)23)25-13-5-8-18(20(25)26)24-30(28,29)17-6-3-2-4-7-17/h2-13,24,27H,1,14H2,(H3,22,23). The number of hydrogen-bond donors (Lipinski definition) is 4. The summed E-state index contributed by atoms with van der Waals surface area (Å²) < 4.78 is 28.3. The highest BCUT2D eigenvalue weighted by Gasteiger charge is 2.26. The Morgan fingerprint density at radius 3 is 2.33 bits per heavy atom. The van der Waals surface area contributed by atoms with Crippen molar-refractivity contribution in [1.82, 2.24) is 4.57 Å². The summed E-state index contributed by atoms with van der Waals surface area (Å²) in [5, 5.41) is 18.3. The van der Waals surface area contributed by atoms with E-state index in [1.54, 1.807) is 42.5 Å². The molecule has 1 heterocycles. The lowest BCUT2D eigenvalue weighted by Gasteiger charge is -2.26. The molecular formula is C21H21N4O4S. The van der Waals surface area contributed by atoms with Crippen molar-refractivity contribution in [2.45, 2.75) is 17.0 Å². The second-order valence-electron chi connectivity index (χ2n) is 6.79. The minimum Gasteiger partial charge on any atom is -0.384 e. The fourth-order valence-electron chi connectivity index (χ4n) is 2.92. The molecule has 0 aliphatic heterocycles. The number of aromatic nitrogens is 1. The number of benzene rings is 2. The molecule has 8 nitrogen and oxygen atoms in total. The summed E-state index contributed by atoms with van der Waals surface area (Å²) in [4.78, 5) is 12.9. The van der Waals surface area contributed by atoms with Gasteiger partial charge in [-0.2, -0.15) is 0 Å². The van der Waals surface area contributed by atoms with E-state index in [1.165, 1.54) is 30.5 Å². The van der Waals surface area contributed by atoms with Crippen LogP contribution in [0, 0.1) is 12.3 Å². The highest BCUT2D eigenvalue weighted by Crippen LogP contribution is 2.19. The zero-order chi connectivity index (χ0) is 21.9. The van der Waals surface area contributed by atoms with E-state index in [4.69, 9.17) is 11.1 Å². The van der Waals surface area contributed by atoms with Gasteiger partial charge in [0.05, 0.1) is 4.90 Å². The van der Waals surface area contributed by atoms with Gasteiger partial charge in [0.1, 0.15) is 17.2 Å². The molecule has 0 fully saturated rings. The van der Waals surface area contributed by atoms with E-state index in [0.29, 0.717) is 11.1 Å². The van der Waals surface area contributed by atoms with Crippen molar-refractivity contribution < 1.29 is 13.5 Å². The Bertz CT molecular complexity index is 1220. The van der Waals surface area contributed by atoms with Gasteiger partial charge < -0.3 is 10.8 Å². The monoisotopic (exact) mass is 425 g/mol. The Kier molecular flexibility index (Phi) is 5.77. The van der Waals surface area contributed by atoms with Crippen molar-refractivity contribution in [2.75, 3.05) is 4.72 Å². The Morgan fingerprint density at radius 2 is 1.73 bits per heavy atom. The Hall–Kier alpha value is -3.43. The molecule has 3 rings (SSSR count). The van der Waals surface area contributed by atoms with Gasteiger partial charge in [-0.25, -0.2) is 8.42 Å². The smallest absolute Gasteiger partial charge is 0.277 e. The minimum absolute atomic E-state index is 0.00949. The largest absolute Gasteiger partial charge is 0.384 e. The van der Waals surface area contributed by atoms with Gasteiger partial charge in [0.15, 0.2) is 0 Å². The fraction of sp³-hybridized carbons (Fsp3) is 0.0952. The Balaban J connectivity index is 1.89. The molecule has 3 aromatic rings. The number of rotatable bonds is 7. The normalized spacial score (nSPS) is 13.4. The summed E-state index contributed by atoms with van der Waals surface area (Å²) in [5.41, 5.74) is 3.79. The maximum atomic E-state index is 12.8. The second-order valence-corrected chi connectivity index (χ2v) is 8.47. The summed E-state index contributed by atoms with van der Waals surface area (Å²) in [5.74, 6) is -0.0824. The van der Waals surface area contributed by atoms with E-state index < -0.39 is 21.3 Å². The number of sulfonamides is 1. The number of pyridine rings is 1. The van der Waals surface area contributed by atoms with Gasteiger partial charge in [-0.15, -0.1) is 0 Å². The predicted molar refractivity (Wildman–Crippen MR) is 115 cm³/mol. The molecule has 1 aromatic heterocycles. The van der Waals surface area contributed by atoms with E-state index in [-0.39, 0.29) is 22.8 Å². The molecular weight excluding hydrogens is 404 g/mol. The van der Waals surface area contributed by atoms with Crippen molar-refractivity contribution >= 4 is 21.5 Å². The van der Waals surface area contributed by atoms with Gasteiger partial charge in [-0.3, -0.25) is 19.5 Å². The molecule has 155 valence electrons. The third kappa shape index (κ3) is 4.58. The third-order valence-electron chi connectivity index (χ3n) is 4.45. The van der Waals surface area contributed by atoms with Crippen LogP contribution in [-0.4, -0.2) is 23.9 Å². The maximum Gasteiger partial charge on any atom is 0.277 e. The van der Waals surface area contributed by atoms with E-state index in [0.717, 1.165) is 4.57 Å². The van der Waals surface area contributed by atoms with Gasteiger partial charge in [-0.1, -0.05) is 42.5 Å². The number of hydrogen-bond acceptors (Lipinski definition) is 5. The summed E-state index contributed by atoms with van der Waals surface area (Å²) in [6, 6.07) is 17.0. The van der Waals surface area contributed by atoms with Crippen LogP contribution in [0.15, 0.2) is 82.6 Å². The van der Waals surface area contributed by atoms with Crippen molar-refractivity contribution in [1.29, 1.82) is 5.41 Å². The molecule has 1 atom stereocenters. The number of amidine groups is 1. The van der Waals surface area contributed by atoms with Gasteiger partial charge in [-0.05, 0) is 29.8 Å². The summed E-state index contributed by atoms with van der Waals surface area (Å²) in [7, 11) is -3.97. The van der Waals surface area contributed by atoms with E-state index >= 15 is 0 Å². The zero-order valence-electron chi connectivity index (χ0n) is 15.9. The molecule has 2 aromatic carbocycles. The lowest BCUT2D eigenvalue weighted by Crippen LogP contribution is -2.41. The topological polar surface area (TPSA) is 138 Å². The second kappa shape index (κ2) is 8.13. The average molecular weight is 425 g/mol. The van der Waals surface area contributed by atoms with E-state index in [9.17, 15) is 18.3 Å². The van der Waals surface area contributed by atoms with Crippen LogP contribution < -0.4 is 16.0 Å². The quantitative estimate of drug-likeness (QED) is 0.337. The van der Waals surface area contributed by atoms with Crippen molar-refractivity contribution in [3.8, 4) is 0 Å². The van der Waals surface area contributed by atoms with Gasteiger partial charge >= 0.3 is 0 Å². The van der Waals surface area contributed by atoms with Crippen molar-refractivity contribution in [2.24, 2.45) is 5.73 Å². The maximum absolute atomic E-state index is 12.8. The molecule has 5 N–H and O–H groups in total. The Labute approximate surface area is 174 Å². The molecule has 0 aliphatic rings. The highest BCUT2D eigenvalue weighted by molar-refractivity contribution is 7.92. The molecule has 9 heteroatoms. The van der Waals surface area contributed by atoms with Crippen molar-refractivity contribution in [3.05, 3.63) is 101 Å². The van der Waals surface area contributed by atoms with Gasteiger partial charge in [0.2, 0.25) is 0 Å². The first kappa shape index (κ1) is 21.3. The average Bonchev–Trinajstić information content (AvgIpc) is 2.70. The Morgan fingerprint density at radius 1 is 1.10 bits per heavy atom.